The molecule has 94 valence electrons. The number of rotatable bonds is 2. The highest BCUT2D eigenvalue weighted by molar-refractivity contribution is 7.80. The maximum Gasteiger partial charge on any atom is 0.266 e. The van der Waals surface area contributed by atoms with Crippen LogP contribution in [0, 0.1) is 0 Å². The number of benzene rings is 1. The van der Waals surface area contributed by atoms with Crippen molar-refractivity contribution >= 4 is 28.8 Å². The molecule has 0 saturated heterocycles. The Bertz CT molecular complexity index is 615. The second-order valence-corrected chi connectivity index (χ2v) is 3.93. The smallest absolute Gasteiger partial charge is 0.266 e. The molecule has 0 unspecified atom stereocenters. The lowest BCUT2D eigenvalue weighted by molar-refractivity contribution is 0.415. The third-order valence-electron chi connectivity index (χ3n) is 2.30. The molecule has 6 nitrogen and oxygen atoms in total. The van der Waals surface area contributed by atoms with Crippen molar-refractivity contribution in [2.24, 2.45) is 0 Å². The van der Waals surface area contributed by atoms with Crippen molar-refractivity contribution in [3.8, 4) is 5.75 Å². The molecule has 1 heterocycles. The Balaban J connectivity index is 2.16. The van der Waals surface area contributed by atoms with Crippen LogP contribution in [0.5, 0.6) is 5.75 Å². The van der Waals surface area contributed by atoms with Crippen LogP contribution in [0.3, 0.4) is 0 Å². The van der Waals surface area contributed by atoms with Crippen LogP contribution < -0.4 is 21.3 Å². The standard InChI is InChI=1S/C11H12N4O2S/c1-17-8-4-2-7(3-5-8)13-11(18)15-9(12)6-10(16)14-15/h2-6H,12H2,1H3,(H,13,18)(H,14,16). The van der Waals surface area contributed by atoms with Gasteiger partial charge in [-0.3, -0.25) is 9.89 Å². The first-order valence-electron chi connectivity index (χ1n) is 5.13. The number of thiocarbonyl (C=S) groups is 1. The number of nitrogens with two attached hydrogens (primary N) is 1. The summed E-state index contributed by atoms with van der Waals surface area (Å²) < 4.78 is 6.36. The maximum absolute atomic E-state index is 11.1. The first kappa shape index (κ1) is 12.2. The zero-order chi connectivity index (χ0) is 13.1. The summed E-state index contributed by atoms with van der Waals surface area (Å²) in [4.78, 5) is 11.1. The summed E-state index contributed by atoms with van der Waals surface area (Å²) in [6.45, 7) is 0. The molecule has 4 N–H and O–H groups in total. The molecule has 0 fully saturated rings. The number of hydrogen-bond donors (Lipinski definition) is 3. The molecule has 0 aliphatic heterocycles. The third-order valence-corrected chi connectivity index (χ3v) is 2.59. The Morgan fingerprint density at radius 1 is 1.44 bits per heavy atom. The average molecular weight is 264 g/mol. The number of anilines is 2. The largest absolute Gasteiger partial charge is 0.497 e. The van der Waals surface area contributed by atoms with Crippen LogP contribution >= 0.6 is 12.2 Å². The molecular formula is C11H12N4O2S. The Hall–Kier alpha value is -2.28. The molecule has 0 aliphatic carbocycles. The summed E-state index contributed by atoms with van der Waals surface area (Å²) in [5.41, 5.74) is 6.10. The van der Waals surface area contributed by atoms with Crippen LogP contribution in [0.4, 0.5) is 11.5 Å². The highest BCUT2D eigenvalue weighted by Gasteiger charge is 2.06. The number of nitrogens with one attached hydrogen (secondary N) is 2. The fraction of sp³-hybridized carbons (Fsp3) is 0.0909. The van der Waals surface area contributed by atoms with E-state index in [0.29, 0.717) is 5.11 Å². The predicted molar refractivity (Wildman–Crippen MR) is 74.1 cm³/mol. The van der Waals surface area contributed by atoms with Crippen molar-refractivity contribution in [1.82, 2.24) is 9.78 Å². The molecular weight excluding hydrogens is 252 g/mol. The minimum atomic E-state index is -0.300. The molecule has 0 saturated carbocycles. The Kier molecular flexibility index (Phi) is 3.33. The fourth-order valence-corrected chi connectivity index (χ4v) is 1.70. The van der Waals surface area contributed by atoms with Gasteiger partial charge in [-0.15, -0.1) is 0 Å². The zero-order valence-corrected chi connectivity index (χ0v) is 10.5. The van der Waals surface area contributed by atoms with Gasteiger partial charge in [0.15, 0.2) is 5.11 Å². The molecule has 2 aromatic rings. The van der Waals surface area contributed by atoms with E-state index in [9.17, 15) is 4.79 Å². The lowest BCUT2D eigenvalue weighted by atomic mass is 10.3. The van der Waals surface area contributed by atoms with Crippen molar-refractivity contribution in [3.63, 3.8) is 0 Å². The quantitative estimate of drug-likeness (QED) is 0.705. The van der Waals surface area contributed by atoms with Crippen LogP contribution in [-0.4, -0.2) is 22.0 Å². The van der Waals surface area contributed by atoms with Gasteiger partial charge in [-0.2, -0.15) is 0 Å². The molecule has 7 heteroatoms. The van der Waals surface area contributed by atoms with Crippen molar-refractivity contribution in [2.45, 2.75) is 0 Å². The van der Waals surface area contributed by atoms with Crippen molar-refractivity contribution in [1.29, 1.82) is 0 Å². The van der Waals surface area contributed by atoms with Gasteiger partial charge in [0.1, 0.15) is 11.6 Å². The first-order chi connectivity index (χ1) is 8.60. The molecule has 1 aromatic heterocycles. The molecule has 1 aromatic carbocycles. The third kappa shape index (κ3) is 2.51. The number of aromatic nitrogens is 2. The van der Waals surface area contributed by atoms with Gasteiger partial charge in [0.2, 0.25) is 0 Å². The van der Waals surface area contributed by atoms with Gasteiger partial charge in [0.05, 0.1) is 7.11 Å². The summed E-state index contributed by atoms with van der Waals surface area (Å²) in [6.07, 6.45) is 0. The summed E-state index contributed by atoms with van der Waals surface area (Å²) in [6, 6.07) is 8.48. The number of nitrogen functional groups attached to an aromatic ring is 1. The Labute approximate surface area is 108 Å². The normalized spacial score (nSPS) is 10.1. The predicted octanol–water partition coefficient (Wildman–Crippen LogP) is 1.01. The molecule has 18 heavy (non-hydrogen) atoms. The number of H-pyrrole nitrogens is 1. The van der Waals surface area contributed by atoms with E-state index in [-0.39, 0.29) is 11.4 Å². The molecule has 0 aliphatic rings. The van der Waals surface area contributed by atoms with Gasteiger partial charge in [-0.25, -0.2) is 4.68 Å². The van der Waals surface area contributed by atoms with Crippen LogP contribution in [0.2, 0.25) is 0 Å². The highest BCUT2D eigenvalue weighted by Crippen LogP contribution is 2.15. The van der Waals surface area contributed by atoms with E-state index in [1.165, 1.54) is 10.7 Å². The summed E-state index contributed by atoms with van der Waals surface area (Å²) in [5.74, 6) is 1.01. The maximum atomic E-state index is 11.1. The molecule has 0 radical (unpaired) electrons. The van der Waals surface area contributed by atoms with Crippen molar-refractivity contribution in [2.75, 3.05) is 18.2 Å². The van der Waals surface area contributed by atoms with E-state index >= 15 is 0 Å². The van der Waals surface area contributed by atoms with E-state index < -0.39 is 0 Å². The fourth-order valence-electron chi connectivity index (χ4n) is 1.43. The first-order valence-corrected chi connectivity index (χ1v) is 5.54. The van der Waals surface area contributed by atoms with Gasteiger partial charge in [-0.05, 0) is 36.5 Å². The number of aromatic amines is 1. The monoisotopic (exact) mass is 264 g/mol. The number of methoxy groups -OCH3 is 1. The van der Waals surface area contributed by atoms with Gasteiger partial charge in [0, 0.05) is 11.8 Å². The van der Waals surface area contributed by atoms with Gasteiger partial charge < -0.3 is 15.8 Å². The number of nitrogens with zero attached hydrogens (tertiary/aromatic N) is 1. The van der Waals surface area contributed by atoms with Crippen molar-refractivity contribution < 1.29 is 4.74 Å². The molecule has 0 atom stereocenters. The second kappa shape index (κ2) is 4.92. The lowest BCUT2D eigenvalue weighted by Crippen LogP contribution is -2.23. The Morgan fingerprint density at radius 3 is 2.61 bits per heavy atom. The van der Waals surface area contributed by atoms with E-state index in [1.807, 2.05) is 12.1 Å². The zero-order valence-electron chi connectivity index (χ0n) is 9.64. The van der Waals surface area contributed by atoms with E-state index in [0.717, 1.165) is 11.4 Å². The van der Waals surface area contributed by atoms with E-state index in [2.05, 4.69) is 10.4 Å². The average Bonchev–Trinajstić information content (AvgIpc) is 2.69. The van der Waals surface area contributed by atoms with Crippen LogP contribution in [0.15, 0.2) is 35.1 Å². The number of ether oxygens (including phenoxy) is 1. The van der Waals surface area contributed by atoms with Crippen molar-refractivity contribution in [3.05, 3.63) is 40.7 Å². The van der Waals surface area contributed by atoms with Crippen LogP contribution in [0.25, 0.3) is 0 Å². The van der Waals surface area contributed by atoms with Gasteiger partial charge in [-0.1, -0.05) is 0 Å². The molecule has 0 amide bonds. The lowest BCUT2D eigenvalue weighted by Gasteiger charge is -2.10. The summed E-state index contributed by atoms with van der Waals surface area (Å²) in [5, 5.41) is 5.74. The summed E-state index contributed by atoms with van der Waals surface area (Å²) in [7, 11) is 1.60. The van der Waals surface area contributed by atoms with E-state index in [1.54, 1.807) is 19.2 Å². The SMILES string of the molecule is COc1ccc(NC(=S)n2[nH]c(=O)cc2N)cc1. The van der Waals surface area contributed by atoms with Crippen LogP contribution in [-0.2, 0) is 0 Å². The van der Waals surface area contributed by atoms with Gasteiger partial charge in [0.25, 0.3) is 5.56 Å². The number of hydrogen-bond acceptors (Lipinski definition) is 4. The minimum absolute atomic E-state index is 0.256. The van der Waals surface area contributed by atoms with Gasteiger partial charge >= 0.3 is 0 Å². The second-order valence-electron chi connectivity index (χ2n) is 3.54. The molecule has 2 rings (SSSR count). The summed E-state index contributed by atoms with van der Waals surface area (Å²) >= 11 is 5.14. The molecule has 0 spiro atoms. The van der Waals surface area contributed by atoms with E-state index in [4.69, 9.17) is 22.7 Å². The molecule has 0 bridgehead atoms. The topological polar surface area (TPSA) is 85.1 Å². The Morgan fingerprint density at radius 2 is 2.11 bits per heavy atom. The minimum Gasteiger partial charge on any atom is -0.497 e. The highest BCUT2D eigenvalue weighted by atomic mass is 32.1. The van der Waals surface area contributed by atoms with Crippen LogP contribution in [0.1, 0.15) is 0 Å².